The molecule has 1 N–H and O–H groups in total. The van der Waals surface area contributed by atoms with Gasteiger partial charge in [-0.05, 0) is 42.0 Å². The zero-order valence-electron chi connectivity index (χ0n) is 13.6. The van der Waals surface area contributed by atoms with Crippen LogP contribution in [0.1, 0.15) is 10.9 Å². The van der Waals surface area contributed by atoms with Gasteiger partial charge in [-0.2, -0.15) is 0 Å². The maximum atomic E-state index is 12.4. The summed E-state index contributed by atoms with van der Waals surface area (Å²) in [6.07, 6.45) is 0. The quantitative estimate of drug-likeness (QED) is 0.809. The Morgan fingerprint density at radius 1 is 1.32 bits per heavy atom. The highest BCUT2D eigenvalue weighted by Gasteiger charge is 2.34. The molecule has 2 aromatic carbocycles. The van der Waals surface area contributed by atoms with Crippen LogP contribution in [0.4, 0.5) is 11.4 Å². The van der Waals surface area contributed by atoms with Crippen molar-refractivity contribution in [2.24, 2.45) is 0 Å². The monoisotopic (exact) mass is 376 g/mol. The molecule has 0 aromatic heterocycles. The Balaban J connectivity index is 1.88. The van der Waals surface area contributed by atoms with E-state index in [2.05, 4.69) is 5.32 Å². The zero-order chi connectivity index (χ0) is 17.8. The second-order valence-corrected chi connectivity index (χ2v) is 6.77. The van der Waals surface area contributed by atoms with Gasteiger partial charge in [0.05, 0.1) is 12.9 Å². The second-order valence-electron chi connectivity index (χ2n) is 5.43. The highest BCUT2D eigenvalue weighted by Crippen LogP contribution is 2.42. The van der Waals surface area contributed by atoms with Gasteiger partial charge in [0.15, 0.2) is 0 Å². The number of thioether (sulfide) groups is 1. The summed E-state index contributed by atoms with van der Waals surface area (Å²) in [6, 6.07) is 14.9. The number of nitrogens with one attached hydrogen (secondary N) is 1. The van der Waals surface area contributed by atoms with Gasteiger partial charge in [-0.15, -0.1) is 23.4 Å². The lowest BCUT2D eigenvalue weighted by molar-refractivity contribution is -0.116. The van der Waals surface area contributed by atoms with E-state index in [9.17, 15) is 9.59 Å². The zero-order valence-corrected chi connectivity index (χ0v) is 15.1. The molecule has 1 fully saturated rings. The maximum absolute atomic E-state index is 12.4. The van der Waals surface area contributed by atoms with Crippen LogP contribution in [0.15, 0.2) is 48.5 Å². The number of nitrogens with zero attached hydrogens (tertiary/aromatic N) is 1. The van der Waals surface area contributed by atoms with Gasteiger partial charge in [0.25, 0.3) is 0 Å². The normalized spacial score (nSPS) is 16.8. The molecule has 1 unspecified atom stereocenters. The number of carbonyl (C=O) groups is 2. The van der Waals surface area contributed by atoms with E-state index >= 15 is 0 Å². The molecule has 1 saturated heterocycles. The first-order valence-corrected chi connectivity index (χ1v) is 9.24. The number of carbonyl (C=O) groups excluding carboxylic acids is 2. The molecule has 1 heterocycles. The van der Waals surface area contributed by atoms with Crippen molar-refractivity contribution in [2.75, 3.05) is 29.0 Å². The fourth-order valence-electron chi connectivity index (χ4n) is 2.66. The van der Waals surface area contributed by atoms with Gasteiger partial charge in [0.1, 0.15) is 17.0 Å². The molecular weight excluding hydrogens is 360 g/mol. The average Bonchev–Trinajstić information content (AvgIpc) is 3.03. The van der Waals surface area contributed by atoms with E-state index in [1.807, 2.05) is 42.5 Å². The molecule has 0 radical (unpaired) electrons. The lowest BCUT2D eigenvalue weighted by atomic mass is 10.1. The first kappa shape index (κ1) is 17.6. The number of alkyl halides is 1. The van der Waals surface area contributed by atoms with Crippen LogP contribution in [-0.4, -0.2) is 30.6 Å². The molecule has 130 valence electrons. The molecule has 1 atom stereocenters. The number of hydrogen-bond acceptors (Lipinski definition) is 4. The van der Waals surface area contributed by atoms with Crippen LogP contribution >= 0.6 is 23.4 Å². The summed E-state index contributed by atoms with van der Waals surface area (Å²) in [6.45, 7) is 0. The summed E-state index contributed by atoms with van der Waals surface area (Å²) in [4.78, 5) is 25.7. The van der Waals surface area contributed by atoms with Crippen LogP contribution in [-0.2, 0) is 9.59 Å². The Morgan fingerprint density at radius 3 is 2.76 bits per heavy atom. The lowest BCUT2D eigenvalue weighted by Crippen LogP contribution is -2.27. The summed E-state index contributed by atoms with van der Waals surface area (Å²) in [7, 11) is 1.61. The molecule has 0 spiro atoms. The molecule has 0 aliphatic carbocycles. The van der Waals surface area contributed by atoms with E-state index in [0.717, 1.165) is 17.0 Å². The predicted molar refractivity (Wildman–Crippen MR) is 101 cm³/mol. The molecule has 3 rings (SSSR count). The molecular formula is C18H17ClN2O3S. The number of hydrogen-bond donors (Lipinski definition) is 1. The minimum Gasteiger partial charge on any atom is -0.497 e. The molecule has 0 bridgehead atoms. The SMILES string of the molecule is COc1ccc(N2C(=O)CSC2c2cccc(NC(=O)CCl)c2)cc1. The van der Waals surface area contributed by atoms with Gasteiger partial charge in [-0.3, -0.25) is 14.5 Å². The Hall–Kier alpha value is -2.18. The van der Waals surface area contributed by atoms with Crippen LogP contribution in [0, 0.1) is 0 Å². The van der Waals surface area contributed by atoms with E-state index < -0.39 is 0 Å². The number of anilines is 2. The number of methoxy groups -OCH3 is 1. The van der Waals surface area contributed by atoms with E-state index in [1.165, 1.54) is 0 Å². The molecule has 25 heavy (non-hydrogen) atoms. The largest absolute Gasteiger partial charge is 0.497 e. The van der Waals surface area contributed by atoms with Crippen molar-refractivity contribution < 1.29 is 14.3 Å². The fourth-order valence-corrected chi connectivity index (χ4v) is 3.89. The van der Waals surface area contributed by atoms with E-state index in [4.69, 9.17) is 16.3 Å². The molecule has 1 aliphatic rings. The number of amides is 2. The van der Waals surface area contributed by atoms with Crippen molar-refractivity contribution in [1.82, 2.24) is 0 Å². The predicted octanol–water partition coefficient (Wildman–Crippen LogP) is 3.65. The number of ether oxygens (including phenoxy) is 1. The Kier molecular flexibility index (Phi) is 5.50. The lowest BCUT2D eigenvalue weighted by Gasteiger charge is -2.25. The second kappa shape index (κ2) is 7.80. The van der Waals surface area contributed by atoms with Crippen molar-refractivity contribution >= 4 is 46.6 Å². The molecule has 5 nitrogen and oxygen atoms in total. The highest BCUT2D eigenvalue weighted by molar-refractivity contribution is 8.00. The molecule has 0 saturated carbocycles. The molecule has 2 amide bonds. The van der Waals surface area contributed by atoms with Crippen molar-refractivity contribution in [3.63, 3.8) is 0 Å². The molecule has 1 aliphatic heterocycles. The third-order valence-corrected chi connectivity index (χ3v) is 5.25. The summed E-state index contributed by atoms with van der Waals surface area (Å²) in [5.74, 6) is 0.843. The van der Waals surface area contributed by atoms with Crippen molar-refractivity contribution in [2.45, 2.75) is 5.37 Å². The van der Waals surface area contributed by atoms with E-state index in [0.29, 0.717) is 11.4 Å². The molecule has 2 aromatic rings. The van der Waals surface area contributed by atoms with Crippen molar-refractivity contribution in [1.29, 1.82) is 0 Å². The van der Waals surface area contributed by atoms with Crippen LogP contribution in [0.2, 0.25) is 0 Å². The van der Waals surface area contributed by atoms with Crippen LogP contribution < -0.4 is 15.0 Å². The van der Waals surface area contributed by atoms with Gasteiger partial charge < -0.3 is 10.1 Å². The summed E-state index contributed by atoms with van der Waals surface area (Å²) in [5.41, 5.74) is 2.42. The smallest absolute Gasteiger partial charge is 0.239 e. The third kappa shape index (κ3) is 3.91. The summed E-state index contributed by atoms with van der Waals surface area (Å²) >= 11 is 7.09. The number of halogens is 1. The molecule has 7 heteroatoms. The first-order valence-electron chi connectivity index (χ1n) is 7.66. The van der Waals surface area contributed by atoms with Gasteiger partial charge >= 0.3 is 0 Å². The van der Waals surface area contributed by atoms with Crippen molar-refractivity contribution in [3.8, 4) is 5.75 Å². The van der Waals surface area contributed by atoms with Gasteiger partial charge in [-0.25, -0.2) is 0 Å². The average molecular weight is 377 g/mol. The van der Waals surface area contributed by atoms with Crippen molar-refractivity contribution in [3.05, 3.63) is 54.1 Å². The summed E-state index contributed by atoms with van der Waals surface area (Å²) in [5, 5.41) is 2.59. The minimum atomic E-state index is -0.263. The summed E-state index contributed by atoms with van der Waals surface area (Å²) < 4.78 is 5.17. The minimum absolute atomic E-state index is 0.0513. The van der Waals surface area contributed by atoms with E-state index in [1.54, 1.807) is 29.8 Å². The third-order valence-electron chi connectivity index (χ3n) is 3.80. The maximum Gasteiger partial charge on any atom is 0.239 e. The Bertz CT molecular complexity index is 782. The van der Waals surface area contributed by atoms with Gasteiger partial charge in [-0.1, -0.05) is 12.1 Å². The Labute approximate surface area is 155 Å². The van der Waals surface area contributed by atoms with Gasteiger partial charge in [0.2, 0.25) is 11.8 Å². The van der Waals surface area contributed by atoms with Crippen LogP contribution in [0.25, 0.3) is 0 Å². The number of benzene rings is 2. The standard InChI is InChI=1S/C18H17ClN2O3S/c1-24-15-7-5-14(6-8-15)21-17(23)11-25-18(21)12-3-2-4-13(9-12)20-16(22)10-19/h2-9,18H,10-11H2,1H3,(H,20,22). The highest BCUT2D eigenvalue weighted by atomic mass is 35.5. The fraction of sp³-hybridized carbons (Fsp3) is 0.222. The van der Waals surface area contributed by atoms with Crippen LogP contribution in [0.3, 0.4) is 0 Å². The van der Waals surface area contributed by atoms with E-state index in [-0.39, 0.29) is 23.1 Å². The topological polar surface area (TPSA) is 58.6 Å². The Morgan fingerprint density at radius 2 is 2.08 bits per heavy atom. The van der Waals surface area contributed by atoms with Crippen LogP contribution in [0.5, 0.6) is 5.75 Å². The number of rotatable bonds is 5. The van der Waals surface area contributed by atoms with Gasteiger partial charge in [0, 0.05) is 11.4 Å². The first-order chi connectivity index (χ1) is 12.1.